The maximum absolute atomic E-state index is 9.65. The number of hydrogen-bond donors (Lipinski definition) is 0. The molecule has 0 atom stereocenters. The quantitative estimate of drug-likeness (QED) is 0.164. The zero-order valence-electron chi connectivity index (χ0n) is 35.3. The maximum atomic E-state index is 9.65. The molecule has 4 heteroatoms. The normalized spacial score (nSPS) is 12.8. The first-order valence-electron chi connectivity index (χ1n) is 21.0. The molecule has 0 radical (unpaired) electrons. The van der Waals surface area contributed by atoms with E-state index in [-0.39, 0.29) is 64.0 Å². The molecule has 2 aromatic heterocycles. The monoisotopic (exact) mass is 725 g/mol. The molecule has 0 saturated heterocycles. The van der Waals surface area contributed by atoms with Gasteiger partial charge in [-0.1, -0.05) is 170 Å². The summed E-state index contributed by atoms with van der Waals surface area (Å²) < 4.78 is 56.9. The lowest BCUT2D eigenvalue weighted by Gasteiger charge is -2.14. The topological polar surface area (TPSA) is 38.7 Å². The summed E-state index contributed by atoms with van der Waals surface area (Å²) >= 11 is 1.09. The Bertz CT molecular complexity index is 3290. The van der Waals surface area contributed by atoms with Crippen LogP contribution in [0.1, 0.15) is 8.22 Å². The lowest BCUT2D eigenvalue weighted by atomic mass is 9.94. The second kappa shape index (κ2) is 14.1. The van der Waals surface area contributed by atoms with Crippen molar-refractivity contribution in [3.05, 3.63) is 200 Å². The lowest BCUT2D eigenvalue weighted by Crippen LogP contribution is -2.01. The van der Waals surface area contributed by atoms with Crippen molar-refractivity contribution in [1.29, 1.82) is 0 Å². The lowest BCUT2D eigenvalue weighted by molar-refractivity contribution is 1.07. The Kier molecular flexibility index (Phi) is 6.84. The Balaban J connectivity index is 1.18. The fourth-order valence-electron chi connectivity index (χ4n) is 6.84. The third kappa shape index (κ3) is 6.39. The van der Waals surface area contributed by atoms with E-state index in [4.69, 9.17) is 17.7 Å². The Morgan fingerprint density at radius 1 is 0.327 bits per heavy atom. The van der Waals surface area contributed by atoms with Crippen molar-refractivity contribution in [2.75, 3.05) is 0 Å². The summed E-state index contributed by atoms with van der Waals surface area (Å²) in [5.41, 5.74) is 8.28. The van der Waals surface area contributed by atoms with Crippen LogP contribution in [0.5, 0.6) is 0 Å². The number of fused-ring (bicyclic) bond motifs is 3. The van der Waals surface area contributed by atoms with Crippen molar-refractivity contribution < 1.29 is 8.22 Å². The number of nitrogens with zero attached hydrogens (tertiary/aromatic N) is 3. The molecule has 8 aromatic carbocycles. The van der Waals surface area contributed by atoms with Gasteiger partial charge in [0, 0.05) is 36.9 Å². The molecule has 0 aliphatic carbocycles. The Morgan fingerprint density at radius 3 is 1.47 bits per heavy atom. The molecule has 10 aromatic rings. The molecule has 2 heterocycles. The van der Waals surface area contributed by atoms with Crippen molar-refractivity contribution in [1.82, 2.24) is 15.0 Å². The summed E-state index contributed by atoms with van der Waals surface area (Å²) in [5.74, 6) is 0.750. The zero-order valence-corrected chi connectivity index (χ0v) is 30.2. The highest BCUT2D eigenvalue weighted by Crippen LogP contribution is 2.40. The molecule has 0 aliphatic heterocycles. The van der Waals surface area contributed by atoms with Gasteiger partial charge in [0.1, 0.15) is 0 Å². The summed E-state index contributed by atoms with van der Waals surface area (Å²) in [5, 5.41) is 0.522. The van der Waals surface area contributed by atoms with Gasteiger partial charge >= 0.3 is 0 Å². The van der Waals surface area contributed by atoms with Crippen molar-refractivity contribution in [3.63, 3.8) is 0 Å². The SMILES string of the molecule is [2H]c1c(-c2ccc(-c3ccccc3)cc2)c([2H])c2c(sc3c([2H])c(-c4nc(-c5ccccc5)nc(-c5ccc(-c6ccccc6)cc5-c5ccccc5)n4)c([2H])c([2H])c32)c1[2H]. The van der Waals surface area contributed by atoms with Crippen LogP contribution in [0, 0.1) is 0 Å². The average Bonchev–Trinajstić information content (AvgIpc) is 3.73. The molecular formula is C51H33N3S. The van der Waals surface area contributed by atoms with Crippen LogP contribution in [0.15, 0.2) is 200 Å². The summed E-state index contributed by atoms with van der Waals surface area (Å²) in [6.07, 6.45) is 0. The Labute approximate surface area is 332 Å². The van der Waals surface area contributed by atoms with E-state index in [2.05, 4.69) is 18.2 Å². The van der Waals surface area contributed by atoms with Crippen LogP contribution in [-0.2, 0) is 0 Å². The molecule has 0 saturated carbocycles. The highest BCUT2D eigenvalue weighted by molar-refractivity contribution is 7.25. The fourth-order valence-corrected chi connectivity index (χ4v) is 7.81. The largest absolute Gasteiger partial charge is 0.208 e. The number of benzene rings is 8. The third-order valence-electron chi connectivity index (χ3n) is 9.63. The standard InChI is InChI=1S/C51H33N3S/c1-5-13-34(14-6-1)36-21-23-37(24-22-36)41-27-30-47-46(32-41)43-28-26-42(33-48(43)55-47)50-52-49(39-19-11-4-12-20-39)53-51(54-50)44-29-25-40(35-15-7-2-8-16-35)31-45(44)38-17-9-3-10-18-38/h1-33H/i26D,27D,28D,30D,32D,33D. The number of rotatable bonds is 7. The summed E-state index contributed by atoms with van der Waals surface area (Å²) in [6, 6.07) is 52.4. The van der Waals surface area contributed by atoms with Crippen molar-refractivity contribution >= 4 is 31.5 Å². The van der Waals surface area contributed by atoms with Gasteiger partial charge in [0.25, 0.3) is 0 Å². The first-order valence-corrected chi connectivity index (χ1v) is 18.8. The highest BCUT2D eigenvalue weighted by Gasteiger charge is 2.18. The molecule has 0 N–H and O–H groups in total. The first kappa shape index (κ1) is 26.7. The van der Waals surface area contributed by atoms with Gasteiger partial charge in [-0.05, 0) is 74.8 Å². The van der Waals surface area contributed by atoms with Gasteiger partial charge in [-0.3, -0.25) is 0 Å². The van der Waals surface area contributed by atoms with Crippen LogP contribution < -0.4 is 0 Å². The predicted molar refractivity (Wildman–Crippen MR) is 231 cm³/mol. The summed E-state index contributed by atoms with van der Waals surface area (Å²) in [4.78, 5) is 14.9. The second-order valence-corrected chi connectivity index (χ2v) is 14.1. The second-order valence-electron chi connectivity index (χ2n) is 13.1. The summed E-state index contributed by atoms with van der Waals surface area (Å²) in [7, 11) is 0. The maximum Gasteiger partial charge on any atom is 0.164 e. The van der Waals surface area contributed by atoms with Gasteiger partial charge in [-0.25, -0.2) is 15.0 Å². The van der Waals surface area contributed by atoms with Crippen LogP contribution in [0.4, 0.5) is 0 Å². The molecule has 0 spiro atoms. The minimum absolute atomic E-state index is 0.0176. The molecule has 55 heavy (non-hydrogen) atoms. The van der Waals surface area contributed by atoms with Crippen molar-refractivity contribution in [2.45, 2.75) is 0 Å². The van der Waals surface area contributed by atoms with Gasteiger partial charge in [0.15, 0.2) is 17.5 Å². The van der Waals surface area contributed by atoms with E-state index in [1.54, 1.807) is 0 Å². The number of hydrogen-bond acceptors (Lipinski definition) is 4. The number of aromatic nitrogens is 3. The molecular weight excluding hydrogens is 687 g/mol. The summed E-state index contributed by atoms with van der Waals surface area (Å²) in [6.45, 7) is 0. The van der Waals surface area contributed by atoms with Gasteiger partial charge in [-0.15, -0.1) is 11.3 Å². The van der Waals surface area contributed by atoms with Gasteiger partial charge in [-0.2, -0.15) is 0 Å². The predicted octanol–water partition coefficient (Wildman–Crippen LogP) is 13.9. The fraction of sp³-hybridized carbons (Fsp3) is 0. The average molecular weight is 726 g/mol. The molecule has 0 aliphatic rings. The molecule has 3 nitrogen and oxygen atoms in total. The minimum atomic E-state index is -0.272. The number of thiophene rings is 1. The van der Waals surface area contributed by atoms with Crippen LogP contribution in [0.3, 0.4) is 0 Å². The van der Waals surface area contributed by atoms with E-state index in [1.807, 2.05) is 146 Å². The third-order valence-corrected chi connectivity index (χ3v) is 10.7. The zero-order chi connectivity index (χ0) is 41.8. The Hall–Kier alpha value is -7.01. The van der Waals surface area contributed by atoms with E-state index >= 15 is 0 Å². The molecule has 10 rings (SSSR count). The van der Waals surface area contributed by atoms with E-state index in [9.17, 15) is 5.48 Å². The van der Waals surface area contributed by atoms with Crippen molar-refractivity contribution in [3.8, 4) is 78.7 Å². The molecule has 0 amide bonds. The molecule has 0 unspecified atom stereocenters. The van der Waals surface area contributed by atoms with Crippen LogP contribution in [0.25, 0.3) is 98.8 Å². The van der Waals surface area contributed by atoms with Gasteiger partial charge in [0.2, 0.25) is 0 Å². The highest BCUT2D eigenvalue weighted by atomic mass is 32.1. The molecule has 258 valence electrons. The van der Waals surface area contributed by atoms with Crippen LogP contribution in [-0.4, -0.2) is 15.0 Å². The van der Waals surface area contributed by atoms with E-state index < -0.39 is 0 Å². The van der Waals surface area contributed by atoms with Crippen LogP contribution in [0.2, 0.25) is 0 Å². The van der Waals surface area contributed by atoms with Crippen molar-refractivity contribution in [2.24, 2.45) is 0 Å². The molecule has 0 fully saturated rings. The van der Waals surface area contributed by atoms with E-state index in [1.165, 1.54) is 0 Å². The van der Waals surface area contributed by atoms with E-state index in [0.717, 1.165) is 50.3 Å². The van der Waals surface area contributed by atoms with Gasteiger partial charge in [0.05, 0.1) is 8.22 Å². The molecule has 0 bridgehead atoms. The Morgan fingerprint density at radius 2 is 0.818 bits per heavy atom. The smallest absolute Gasteiger partial charge is 0.164 e. The minimum Gasteiger partial charge on any atom is -0.208 e. The van der Waals surface area contributed by atoms with Crippen LogP contribution >= 0.6 is 11.3 Å². The van der Waals surface area contributed by atoms with Gasteiger partial charge < -0.3 is 0 Å². The van der Waals surface area contributed by atoms with E-state index in [0.29, 0.717) is 32.2 Å². The first-order chi connectivity index (χ1) is 29.8.